The first-order valence-corrected chi connectivity index (χ1v) is 6.89. The molecule has 0 radical (unpaired) electrons. The van der Waals surface area contributed by atoms with Crippen LogP contribution < -0.4 is 5.73 Å². The first-order chi connectivity index (χ1) is 8.58. The molecule has 0 aliphatic heterocycles. The molecule has 19 heavy (non-hydrogen) atoms. The van der Waals surface area contributed by atoms with E-state index in [9.17, 15) is 4.39 Å². The van der Waals surface area contributed by atoms with Crippen LogP contribution in [-0.4, -0.2) is 18.0 Å². The Kier molecular flexibility index (Phi) is 6.37. The maximum Gasteiger partial charge on any atom is 0.125 e. The largest absolute Gasteiger partial charge is 0.397 e. The van der Waals surface area contributed by atoms with Gasteiger partial charge < -0.3 is 5.73 Å². The lowest BCUT2D eigenvalue weighted by atomic mass is 9.94. The molecule has 2 rings (SSSR count). The van der Waals surface area contributed by atoms with E-state index in [-0.39, 0.29) is 18.2 Å². The van der Waals surface area contributed by atoms with E-state index >= 15 is 0 Å². The quantitative estimate of drug-likeness (QED) is 0.846. The Labute approximate surface area is 125 Å². The average molecular weight is 307 g/mol. The maximum atomic E-state index is 13.3. The van der Waals surface area contributed by atoms with Gasteiger partial charge in [-0.25, -0.2) is 4.39 Å². The number of rotatable bonds is 3. The standard InChI is InChI=1S/C14H20ClFN2.ClH/c1-18(12-5-3-2-4-6-12)9-10-7-11(16)8-13(15)14(10)17;/h7-8,12H,2-6,9,17H2,1H3;1H. The second kappa shape index (κ2) is 7.32. The summed E-state index contributed by atoms with van der Waals surface area (Å²) in [6.45, 7) is 0.661. The van der Waals surface area contributed by atoms with E-state index in [4.69, 9.17) is 17.3 Å². The van der Waals surface area contributed by atoms with Crippen molar-refractivity contribution in [3.8, 4) is 0 Å². The van der Waals surface area contributed by atoms with Gasteiger partial charge in [0, 0.05) is 12.6 Å². The van der Waals surface area contributed by atoms with Gasteiger partial charge in [0.1, 0.15) is 5.82 Å². The van der Waals surface area contributed by atoms with E-state index in [0.29, 0.717) is 23.3 Å². The lowest BCUT2D eigenvalue weighted by molar-refractivity contribution is 0.184. The Bertz CT molecular complexity index is 420. The van der Waals surface area contributed by atoms with Gasteiger partial charge in [0.15, 0.2) is 0 Å². The van der Waals surface area contributed by atoms with Gasteiger partial charge in [0.25, 0.3) is 0 Å². The summed E-state index contributed by atoms with van der Waals surface area (Å²) in [6, 6.07) is 3.34. The molecule has 0 heterocycles. The summed E-state index contributed by atoms with van der Waals surface area (Å²) in [5.74, 6) is -0.318. The molecule has 0 saturated heterocycles. The van der Waals surface area contributed by atoms with E-state index in [1.165, 1.54) is 44.2 Å². The molecule has 108 valence electrons. The van der Waals surface area contributed by atoms with Gasteiger partial charge in [-0.05, 0) is 37.6 Å². The van der Waals surface area contributed by atoms with Crippen molar-refractivity contribution in [1.82, 2.24) is 4.90 Å². The molecule has 5 heteroatoms. The van der Waals surface area contributed by atoms with Crippen LogP contribution >= 0.6 is 24.0 Å². The van der Waals surface area contributed by atoms with Crippen molar-refractivity contribution in [2.24, 2.45) is 0 Å². The molecule has 1 aromatic rings. The highest BCUT2D eigenvalue weighted by Gasteiger charge is 2.19. The number of anilines is 1. The summed E-state index contributed by atoms with van der Waals surface area (Å²) in [4.78, 5) is 2.26. The van der Waals surface area contributed by atoms with Crippen LogP contribution in [0.15, 0.2) is 12.1 Å². The first-order valence-electron chi connectivity index (χ1n) is 6.51. The predicted octanol–water partition coefficient (Wildman–Crippen LogP) is 4.25. The van der Waals surface area contributed by atoms with E-state index in [1.807, 2.05) is 0 Å². The van der Waals surface area contributed by atoms with Gasteiger partial charge >= 0.3 is 0 Å². The second-order valence-corrected chi connectivity index (χ2v) is 5.57. The lowest BCUT2D eigenvalue weighted by Gasteiger charge is -2.31. The van der Waals surface area contributed by atoms with Gasteiger partial charge in [-0.15, -0.1) is 12.4 Å². The fourth-order valence-corrected chi connectivity index (χ4v) is 2.91. The van der Waals surface area contributed by atoms with Crippen molar-refractivity contribution in [3.63, 3.8) is 0 Å². The van der Waals surface area contributed by atoms with Crippen molar-refractivity contribution >= 4 is 29.7 Å². The molecule has 2 N–H and O–H groups in total. The molecule has 0 aromatic heterocycles. The van der Waals surface area contributed by atoms with Crippen LogP contribution in [0.25, 0.3) is 0 Å². The van der Waals surface area contributed by atoms with E-state index < -0.39 is 0 Å². The smallest absolute Gasteiger partial charge is 0.125 e. The highest BCUT2D eigenvalue weighted by Crippen LogP contribution is 2.28. The van der Waals surface area contributed by atoms with Gasteiger partial charge in [-0.2, -0.15) is 0 Å². The molecule has 0 spiro atoms. The molecule has 1 aromatic carbocycles. The van der Waals surface area contributed by atoms with E-state index in [1.54, 1.807) is 0 Å². The minimum atomic E-state index is -0.318. The summed E-state index contributed by atoms with van der Waals surface area (Å²) in [6.07, 6.45) is 6.35. The summed E-state index contributed by atoms with van der Waals surface area (Å²) in [7, 11) is 2.08. The van der Waals surface area contributed by atoms with Crippen molar-refractivity contribution < 1.29 is 4.39 Å². The van der Waals surface area contributed by atoms with E-state index in [0.717, 1.165) is 5.56 Å². The molecule has 2 nitrogen and oxygen atoms in total. The van der Waals surface area contributed by atoms with Gasteiger partial charge in [0.05, 0.1) is 10.7 Å². The Balaban J connectivity index is 0.00000180. The van der Waals surface area contributed by atoms with Crippen LogP contribution in [0.1, 0.15) is 37.7 Å². The van der Waals surface area contributed by atoms with Crippen LogP contribution in [0.3, 0.4) is 0 Å². The molecule has 0 unspecified atom stereocenters. The third-order valence-electron chi connectivity index (χ3n) is 3.80. The van der Waals surface area contributed by atoms with Crippen LogP contribution in [0.4, 0.5) is 10.1 Å². The zero-order valence-electron chi connectivity index (χ0n) is 11.2. The predicted molar refractivity (Wildman–Crippen MR) is 81.4 cm³/mol. The van der Waals surface area contributed by atoms with Crippen molar-refractivity contribution in [3.05, 3.63) is 28.5 Å². The number of benzene rings is 1. The van der Waals surface area contributed by atoms with Gasteiger partial charge in [0.2, 0.25) is 0 Å². The fourth-order valence-electron chi connectivity index (χ4n) is 2.69. The normalized spacial score (nSPS) is 16.4. The number of nitrogen functional groups attached to an aromatic ring is 1. The molecule has 0 atom stereocenters. The third kappa shape index (κ3) is 4.23. The molecular formula is C14H21Cl2FN2. The lowest BCUT2D eigenvalue weighted by Crippen LogP contribution is -2.33. The Morgan fingerprint density at radius 3 is 2.58 bits per heavy atom. The second-order valence-electron chi connectivity index (χ2n) is 5.17. The summed E-state index contributed by atoms with van der Waals surface area (Å²) < 4.78 is 13.3. The highest BCUT2D eigenvalue weighted by molar-refractivity contribution is 6.33. The van der Waals surface area contributed by atoms with Crippen LogP contribution in [0.2, 0.25) is 5.02 Å². The molecule has 1 saturated carbocycles. The molecule has 0 amide bonds. The van der Waals surface area contributed by atoms with Crippen molar-refractivity contribution in [2.45, 2.75) is 44.7 Å². The Morgan fingerprint density at radius 2 is 1.95 bits per heavy atom. The monoisotopic (exact) mass is 306 g/mol. The molecule has 0 bridgehead atoms. The number of halogens is 3. The fraction of sp³-hybridized carbons (Fsp3) is 0.571. The van der Waals surface area contributed by atoms with Crippen LogP contribution in [0.5, 0.6) is 0 Å². The maximum absolute atomic E-state index is 13.3. The zero-order valence-corrected chi connectivity index (χ0v) is 12.7. The summed E-state index contributed by atoms with van der Waals surface area (Å²) in [5.41, 5.74) is 7.19. The molecule has 1 aliphatic carbocycles. The summed E-state index contributed by atoms with van der Waals surface area (Å²) >= 11 is 5.90. The number of nitrogens with two attached hydrogens (primary N) is 1. The Morgan fingerprint density at radius 1 is 1.32 bits per heavy atom. The molecule has 1 fully saturated rings. The molecular weight excluding hydrogens is 286 g/mol. The zero-order chi connectivity index (χ0) is 13.1. The number of nitrogens with zero attached hydrogens (tertiary/aromatic N) is 1. The minimum Gasteiger partial charge on any atom is -0.397 e. The minimum absolute atomic E-state index is 0. The van der Waals surface area contributed by atoms with E-state index in [2.05, 4.69) is 11.9 Å². The number of hydrogen-bond donors (Lipinski definition) is 1. The summed E-state index contributed by atoms with van der Waals surface area (Å²) in [5, 5.41) is 0.307. The highest BCUT2D eigenvalue weighted by atomic mass is 35.5. The molecule has 1 aliphatic rings. The van der Waals surface area contributed by atoms with Gasteiger partial charge in [-0.1, -0.05) is 30.9 Å². The average Bonchev–Trinajstić information content (AvgIpc) is 2.36. The Hall–Kier alpha value is -0.510. The SMILES string of the molecule is CN(Cc1cc(F)cc(Cl)c1N)C1CCCCC1.Cl. The topological polar surface area (TPSA) is 29.3 Å². The van der Waals surface area contributed by atoms with Crippen LogP contribution in [-0.2, 0) is 6.54 Å². The third-order valence-corrected chi connectivity index (χ3v) is 4.11. The van der Waals surface area contributed by atoms with Gasteiger partial charge in [-0.3, -0.25) is 4.90 Å². The van der Waals surface area contributed by atoms with Crippen LogP contribution in [0, 0.1) is 5.82 Å². The number of hydrogen-bond acceptors (Lipinski definition) is 2. The van der Waals surface area contributed by atoms with Crippen molar-refractivity contribution in [2.75, 3.05) is 12.8 Å². The van der Waals surface area contributed by atoms with Crippen molar-refractivity contribution in [1.29, 1.82) is 0 Å². The first kappa shape index (κ1) is 16.5.